The van der Waals surface area contributed by atoms with Crippen LogP contribution in [0.2, 0.25) is 0 Å². The molecule has 0 N–H and O–H groups in total. The van der Waals surface area contributed by atoms with Gasteiger partial charge in [-0.2, -0.15) is 0 Å². The summed E-state index contributed by atoms with van der Waals surface area (Å²) in [5, 5.41) is 0. The molecule has 21 heavy (non-hydrogen) atoms. The van der Waals surface area contributed by atoms with Crippen molar-refractivity contribution in [1.82, 2.24) is 0 Å². The van der Waals surface area contributed by atoms with Gasteiger partial charge in [-0.05, 0) is 52.4 Å². The highest BCUT2D eigenvalue weighted by Gasteiger charge is 2.57. The van der Waals surface area contributed by atoms with Gasteiger partial charge in [0.15, 0.2) is 5.41 Å². The van der Waals surface area contributed by atoms with Gasteiger partial charge < -0.3 is 9.47 Å². The van der Waals surface area contributed by atoms with Crippen molar-refractivity contribution in [3.63, 3.8) is 0 Å². The maximum Gasteiger partial charge on any atom is 0.324 e. The van der Waals surface area contributed by atoms with Gasteiger partial charge in [-0.1, -0.05) is 26.7 Å². The molecule has 0 unspecified atom stereocenters. The molecule has 0 atom stereocenters. The topological polar surface area (TPSA) is 52.6 Å². The Kier molecular flexibility index (Phi) is 6.24. The number of hydrogen-bond donors (Lipinski definition) is 0. The zero-order valence-electron chi connectivity index (χ0n) is 14.3. The smallest absolute Gasteiger partial charge is 0.324 e. The lowest BCUT2D eigenvalue weighted by molar-refractivity contribution is -0.186. The molecule has 0 saturated heterocycles. The third kappa shape index (κ3) is 3.78. The molecule has 122 valence electrons. The van der Waals surface area contributed by atoms with Gasteiger partial charge in [-0.3, -0.25) is 9.59 Å². The van der Waals surface area contributed by atoms with Gasteiger partial charge in [-0.25, -0.2) is 0 Å². The lowest BCUT2D eigenvalue weighted by Gasteiger charge is -2.38. The summed E-state index contributed by atoms with van der Waals surface area (Å²) in [4.78, 5) is 25.6. The molecule has 0 heterocycles. The summed E-state index contributed by atoms with van der Waals surface area (Å²) in [6.07, 6.45) is 3.43. The van der Waals surface area contributed by atoms with Crippen LogP contribution < -0.4 is 0 Å². The van der Waals surface area contributed by atoms with Crippen LogP contribution in [0.3, 0.4) is 0 Å². The molecule has 0 aromatic rings. The largest absolute Gasteiger partial charge is 0.462 e. The fourth-order valence-electron chi connectivity index (χ4n) is 3.36. The first-order valence-electron chi connectivity index (χ1n) is 8.15. The summed E-state index contributed by atoms with van der Waals surface area (Å²) in [5.74, 6) is -0.941. The van der Waals surface area contributed by atoms with Crippen molar-refractivity contribution in [3.8, 4) is 0 Å². The van der Waals surface area contributed by atoms with Gasteiger partial charge in [0.1, 0.15) is 0 Å². The van der Waals surface area contributed by atoms with E-state index in [1.165, 1.54) is 0 Å². The van der Waals surface area contributed by atoms with E-state index in [1.54, 1.807) is 0 Å². The maximum atomic E-state index is 12.8. The number of ether oxygens (including phenoxy) is 2. The molecule has 1 rings (SSSR count). The molecule has 0 spiro atoms. The van der Waals surface area contributed by atoms with Crippen LogP contribution in [-0.4, -0.2) is 24.1 Å². The molecule has 4 heteroatoms. The fraction of sp³-hybridized carbons (Fsp3) is 0.882. The summed E-state index contributed by atoms with van der Waals surface area (Å²) in [6, 6.07) is 0. The highest BCUT2D eigenvalue weighted by Crippen LogP contribution is 2.47. The van der Waals surface area contributed by atoms with Crippen LogP contribution in [0.5, 0.6) is 0 Å². The first-order chi connectivity index (χ1) is 9.72. The van der Waals surface area contributed by atoms with E-state index in [1.807, 2.05) is 41.5 Å². The van der Waals surface area contributed by atoms with Crippen molar-refractivity contribution in [2.24, 2.45) is 17.3 Å². The number of carbonyl (C=O) groups is 2. The molecule has 4 nitrogen and oxygen atoms in total. The van der Waals surface area contributed by atoms with Crippen LogP contribution in [0.1, 0.15) is 67.2 Å². The van der Waals surface area contributed by atoms with Crippen molar-refractivity contribution >= 4 is 11.9 Å². The zero-order chi connectivity index (χ0) is 16.2. The first kappa shape index (κ1) is 18.0. The minimum Gasteiger partial charge on any atom is -0.462 e. The predicted molar refractivity (Wildman–Crippen MR) is 81.7 cm³/mol. The second-order valence-corrected chi connectivity index (χ2v) is 6.91. The van der Waals surface area contributed by atoms with E-state index in [0.29, 0.717) is 0 Å². The Morgan fingerprint density at radius 3 is 1.52 bits per heavy atom. The molecule has 1 aliphatic carbocycles. The standard InChI is InChI=1S/C17H30O4/c1-11(2)17(14-9-7-8-10-14,15(18)20-12(3)4)16(19)21-13(5)6/h11-14H,7-10H2,1-6H3. The van der Waals surface area contributed by atoms with Gasteiger partial charge in [0.25, 0.3) is 0 Å². The van der Waals surface area contributed by atoms with Gasteiger partial charge in [0, 0.05) is 0 Å². The molecular formula is C17H30O4. The summed E-state index contributed by atoms with van der Waals surface area (Å²) in [7, 11) is 0. The van der Waals surface area contributed by atoms with Crippen molar-refractivity contribution in [2.75, 3.05) is 0 Å². The Bertz CT molecular complexity index is 343. The monoisotopic (exact) mass is 298 g/mol. The van der Waals surface area contributed by atoms with Crippen LogP contribution >= 0.6 is 0 Å². The molecule has 0 aromatic heterocycles. The SMILES string of the molecule is CC(C)OC(=O)C(C(=O)OC(C)C)(C(C)C)C1CCCC1. The fourth-order valence-corrected chi connectivity index (χ4v) is 3.36. The minimum atomic E-state index is -1.16. The van der Waals surface area contributed by atoms with Crippen molar-refractivity contribution in [3.05, 3.63) is 0 Å². The average Bonchev–Trinajstić information content (AvgIpc) is 2.80. The highest BCUT2D eigenvalue weighted by atomic mass is 16.6. The number of hydrogen-bond acceptors (Lipinski definition) is 4. The Morgan fingerprint density at radius 2 is 1.24 bits per heavy atom. The lowest BCUT2D eigenvalue weighted by atomic mass is 9.66. The quantitative estimate of drug-likeness (QED) is 0.554. The highest BCUT2D eigenvalue weighted by molar-refractivity contribution is 6.01. The maximum absolute atomic E-state index is 12.8. The Labute approximate surface area is 128 Å². The van der Waals surface area contributed by atoms with E-state index >= 15 is 0 Å². The van der Waals surface area contributed by atoms with Crippen molar-refractivity contribution in [2.45, 2.75) is 79.4 Å². The minimum absolute atomic E-state index is 0.0231. The zero-order valence-corrected chi connectivity index (χ0v) is 14.3. The van der Waals surface area contributed by atoms with E-state index in [0.717, 1.165) is 25.7 Å². The van der Waals surface area contributed by atoms with Gasteiger partial charge in [-0.15, -0.1) is 0 Å². The molecule has 1 aliphatic rings. The first-order valence-corrected chi connectivity index (χ1v) is 8.15. The summed E-state index contributed by atoms with van der Waals surface area (Å²) in [5.41, 5.74) is -1.16. The molecule has 1 saturated carbocycles. The molecule has 0 aliphatic heterocycles. The van der Waals surface area contributed by atoms with E-state index in [9.17, 15) is 9.59 Å². The second kappa shape index (κ2) is 7.28. The third-order valence-corrected chi connectivity index (χ3v) is 4.27. The summed E-state index contributed by atoms with van der Waals surface area (Å²) >= 11 is 0. The van der Waals surface area contributed by atoms with Crippen molar-refractivity contribution < 1.29 is 19.1 Å². The van der Waals surface area contributed by atoms with Crippen LogP contribution in [0, 0.1) is 17.3 Å². The second-order valence-electron chi connectivity index (χ2n) is 6.91. The Hall–Kier alpha value is -1.06. The predicted octanol–water partition coefficient (Wildman–Crippen LogP) is 3.72. The molecule has 0 amide bonds. The van der Waals surface area contributed by atoms with E-state index in [-0.39, 0.29) is 24.0 Å². The van der Waals surface area contributed by atoms with E-state index in [2.05, 4.69) is 0 Å². The van der Waals surface area contributed by atoms with Gasteiger partial charge >= 0.3 is 11.9 Å². The van der Waals surface area contributed by atoms with Crippen LogP contribution in [-0.2, 0) is 19.1 Å². The van der Waals surface area contributed by atoms with Gasteiger partial charge in [0.05, 0.1) is 12.2 Å². The van der Waals surface area contributed by atoms with Gasteiger partial charge in [0.2, 0.25) is 0 Å². The van der Waals surface area contributed by atoms with Crippen LogP contribution in [0.15, 0.2) is 0 Å². The normalized spacial score (nSPS) is 16.8. The molecule has 0 radical (unpaired) electrons. The molecular weight excluding hydrogens is 268 g/mol. The molecule has 0 bridgehead atoms. The Morgan fingerprint density at radius 1 is 0.857 bits per heavy atom. The van der Waals surface area contributed by atoms with Crippen LogP contribution in [0.4, 0.5) is 0 Å². The van der Waals surface area contributed by atoms with Crippen LogP contribution in [0.25, 0.3) is 0 Å². The number of rotatable bonds is 6. The average molecular weight is 298 g/mol. The number of carbonyl (C=O) groups excluding carboxylic acids is 2. The van der Waals surface area contributed by atoms with E-state index < -0.39 is 17.4 Å². The Balaban J connectivity index is 3.21. The number of esters is 2. The molecule has 1 fully saturated rings. The summed E-state index contributed by atoms with van der Waals surface area (Å²) < 4.78 is 10.9. The lowest BCUT2D eigenvalue weighted by Crippen LogP contribution is -2.52. The third-order valence-electron chi connectivity index (χ3n) is 4.27. The molecule has 0 aromatic carbocycles. The summed E-state index contributed by atoms with van der Waals surface area (Å²) in [6.45, 7) is 11.1. The van der Waals surface area contributed by atoms with Crippen molar-refractivity contribution in [1.29, 1.82) is 0 Å². The van der Waals surface area contributed by atoms with E-state index in [4.69, 9.17) is 9.47 Å².